The first-order valence-electron chi connectivity index (χ1n) is 10.7. The quantitative estimate of drug-likeness (QED) is 0.679. The smallest absolute Gasteiger partial charge is 0.254 e. The number of carbonyl (C=O) groups is 1. The summed E-state index contributed by atoms with van der Waals surface area (Å²) in [4.78, 5) is 19.7. The van der Waals surface area contributed by atoms with E-state index in [9.17, 15) is 10.1 Å². The van der Waals surface area contributed by atoms with Crippen molar-refractivity contribution in [2.75, 3.05) is 13.1 Å². The second-order valence-corrected chi connectivity index (χ2v) is 8.19. The average Bonchev–Trinajstić information content (AvgIpc) is 3.27. The van der Waals surface area contributed by atoms with E-state index in [1.54, 1.807) is 0 Å². The molecule has 4 rings (SSSR count). The van der Waals surface area contributed by atoms with Gasteiger partial charge in [-0.05, 0) is 61.4 Å². The van der Waals surface area contributed by atoms with Crippen LogP contribution >= 0.6 is 0 Å². The molecule has 1 N–H and O–H groups in total. The number of hydrogen-bond donors (Lipinski definition) is 1. The minimum absolute atomic E-state index is 0.00329. The summed E-state index contributed by atoms with van der Waals surface area (Å²) in [6.45, 7) is 5.21. The van der Waals surface area contributed by atoms with Crippen LogP contribution in [0.2, 0.25) is 0 Å². The highest BCUT2D eigenvalue weighted by atomic mass is 16.2. The highest BCUT2D eigenvalue weighted by Gasteiger charge is 2.27. The number of hydrogen-bond acceptors (Lipinski definition) is 5. The topological polar surface area (TPSA) is 109 Å². The molecule has 7 nitrogen and oxygen atoms in total. The van der Waals surface area contributed by atoms with Crippen LogP contribution in [-0.4, -0.2) is 39.1 Å². The van der Waals surface area contributed by atoms with E-state index >= 15 is 0 Å². The number of amides is 1. The van der Waals surface area contributed by atoms with Crippen molar-refractivity contribution in [2.24, 2.45) is 0 Å². The molecule has 160 valence electrons. The third kappa shape index (κ3) is 4.10. The number of benzene rings is 2. The number of carbonyl (C=O) groups excluding carboxylic acids is 1. The van der Waals surface area contributed by atoms with Gasteiger partial charge in [-0.2, -0.15) is 15.6 Å². The van der Waals surface area contributed by atoms with E-state index in [0.717, 1.165) is 40.7 Å². The SMILES string of the molecule is Cc1cc(C)c(-c2n[nH]c(CC#N)n2)cc1C(=O)N1CCC(c2ccccc2C#N)CC1. The van der Waals surface area contributed by atoms with Crippen molar-refractivity contribution in [3.8, 4) is 23.5 Å². The van der Waals surface area contributed by atoms with Crippen LogP contribution in [-0.2, 0) is 6.42 Å². The summed E-state index contributed by atoms with van der Waals surface area (Å²) < 4.78 is 0. The van der Waals surface area contributed by atoms with Crippen LogP contribution in [0.1, 0.15) is 57.2 Å². The number of H-pyrrole nitrogens is 1. The van der Waals surface area contributed by atoms with Crippen molar-refractivity contribution in [3.05, 3.63) is 70.0 Å². The second kappa shape index (κ2) is 9.03. The van der Waals surface area contributed by atoms with Crippen LogP contribution in [0.5, 0.6) is 0 Å². The Hall–Kier alpha value is -3.97. The summed E-state index contributed by atoms with van der Waals surface area (Å²) in [6, 6.07) is 15.9. The zero-order chi connectivity index (χ0) is 22.7. The van der Waals surface area contributed by atoms with Gasteiger partial charge in [-0.25, -0.2) is 4.98 Å². The number of likely N-dealkylation sites (tertiary alicyclic amines) is 1. The monoisotopic (exact) mass is 424 g/mol. The fourth-order valence-electron chi connectivity index (χ4n) is 4.41. The predicted octanol–water partition coefficient (Wildman–Crippen LogP) is 4.05. The van der Waals surface area contributed by atoms with E-state index in [0.29, 0.717) is 30.3 Å². The lowest BCUT2D eigenvalue weighted by Gasteiger charge is -2.33. The first kappa shape index (κ1) is 21.3. The number of aryl methyl sites for hydroxylation is 2. The van der Waals surface area contributed by atoms with Gasteiger partial charge in [0.15, 0.2) is 5.82 Å². The first-order chi connectivity index (χ1) is 15.5. The lowest BCUT2D eigenvalue weighted by Crippen LogP contribution is -2.38. The molecular formula is C25H24N6O. The Kier molecular flexibility index (Phi) is 6.00. The Morgan fingerprint density at radius 3 is 2.62 bits per heavy atom. The van der Waals surface area contributed by atoms with Gasteiger partial charge in [0.2, 0.25) is 0 Å². The third-order valence-corrected chi connectivity index (χ3v) is 6.12. The third-order valence-electron chi connectivity index (χ3n) is 6.12. The molecule has 0 unspecified atom stereocenters. The van der Waals surface area contributed by atoms with Crippen molar-refractivity contribution in [1.82, 2.24) is 20.1 Å². The normalized spacial score (nSPS) is 14.1. The number of piperidine rings is 1. The minimum Gasteiger partial charge on any atom is -0.339 e. The standard InChI is InChI=1S/C25H24N6O/c1-16-13-17(2)22(14-21(16)24-28-23(7-10-26)29-30-24)25(32)31-11-8-18(9-12-31)20-6-4-3-5-19(20)15-27/h3-6,13-14,18H,7-9,11-12H2,1-2H3,(H,28,29,30). The van der Waals surface area contributed by atoms with Gasteiger partial charge in [-0.15, -0.1) is 0 Å². The number of aromatic nitrogens is 3. The van der Waals surface area contributed by atoms with Gasteiger partial charge in [0.1, 0.15) is 5.82 Å². The molecular weight excluding hydrogens is 400 g/mol. The van der Waals surface area contributed by atoms with E-state index in [1.807, 2.05) is 55.1 Å². The Labute approximate surface area is 187 Å². The van der Waals surface area contributed by atoms with Crippen LogP contribution in [0.25, 0.3) is 11.4 Å². The molecule has 7 heteroatoms. The molecule has 2 heterocycles. The molecule has 1 aromatic heterocycles. The number of nitrogens with zero attached hydrogens (tertiary/aromatic N) is 5. The van der Waals surface area contributed by atoms with Crippen molar-refractivity contribution < 1.29 is 4.79 Å². The molecule has 0 saturated carbocycles. The number of nitriles is 2. The van der Waals surface area contributed by atoms with Crippen LogP contribution in [0.4, 0.5) is 0 Å². The molecule has 1 amide bonds. The summed E-state index contributed by atoms with van der Waals surface area (Å²) in [6.07, 6.45) is 1.83. The van der Waals surface area contributed by atoms with Crippen molar-refractivity contribution in [2.45, 2.75) is 39.0 Å². The van der Waals surface area contributed by atoms with Gasteiger partial charge in [-0.3, -0.25) is 9.89 Å². The second-order valence-electron chi connectivity index (χ2n) is 8.19. The molecule has 0 spiro atoms. The molecule has 1 fully saturated rings. The zero-order valence-corrected chi connectivity index (χ0v) is 18.2. The molecule has 1 aliphatic heterocycles. The Balaban J connectivity index is 1.54. The van der Waals surface area contributed by atoms with Gasteiger partial charge < -0.3 is 4.90 Å². The van der Waals surface area contributed by atoms with E-state index in [-0.39, 0.29) is 18.2 Å². The molecule has 1 saturated heterocycles. The highest BCUT2D eigenvalue weighted by molar-refractivity contribution is 5.97. The van der Waals surface area contributed by atoms with E-state index in [1.165, 1.54) is 0 Å². The zero-order valence-electron chi connectivity index (χ0n) is 18.2. The Bertz CT molecular complexity index is 1240. The van der Waals surface area contributed by atoms with Gasteiger partial charge >= 0.3 is 0 Å². The van der Waals surface area contributed by atoms with Gasteiger partial charge in [0.25, 0.3) is 5.91 Å². The summed E-state index contributed by atoms with van der Waals surface area (Å²) in [5, 5.41) is 25.3. The van der Waals surface area contributed by atoms with Crippen LogP contribution < -0.4 is 0 Å². The Morgan fingerprint density at radius 2 is 1.91 bits per heavy atom. The van der Waals surface area contributed by atoms with E-state index in [2.05, 4.69) is 27.3 Å². The van der Waals surface area contributed by atoms with Crippen molar-refractivity contribution in [3.63, 3.8) is 0 Å². The molecule has 3 aromatic rings. The van der Waals surface area contributed by atoms with Crippen LogP contribution in [0, 0.1) is 36.5 Å². The van der Waals surface area contributed by atoms with Crippen molar-refractivity contribution in [1.29, 1.82) is 10.5 Å². The van der Waals surface area contributed by atoms with E-state index < -0.39 is 0 Å². The number of nitrogens with one attached hydrogen (secondary N) is 1. The lowest BCUT2D eigenvalue weighted by molar-refractivity contribution is 0.0712. The van der Waals surface area contributed by atoms with Gasteiger partial charge in [0.05, 0.1) is 24.1 Å². The molecule has 0 radical (unpaired) electrons. The summed E-state index contributed by atoms with van der Waals surface area (Å²) >= 11 is 0. The fourth-order valence-corrected chi connectivity index (χ4v) is 4.41. The maximum Gasteiger partial charge on any atom is 0.254 e. The highest BCUT2D eigenvalue weighted by Crippen LogP contribution is 2.32. The van der Waals surface area contributed by atoms with Crippen molar-refractivity contribution >= 4 is 5.91 Å². The average molecular weight is 425 g/mol. The molecule has 0 aliphatic carbocycles. The number of rotatable bonds is 4. The molecule has 0 atom stereocenters. The summed E-state index contributed by atoms with van der Waals surface area (Å²) in [7, 11) is 0. The minimum atomic E-state index is 0.00329. The number of aromatic amines is 1. The molecule has 0 bridgehead atoms. The molecule has 32 heavy (non-hydrogen) atoms. The Morgan fingerprint density at radius 1 is 1.16 bits per heavy atom. The van der Waals surface area contributed by atoms with E-state index in [4.69, 9.17) is 5.26 Å². The van der Waals surface area contributed by atoms with Gasteiger partial charge in [-0.1, -0.05) is 24.3 Å². The largest absolute Gasteiger partial charge is 0.339 e. The molecule has 2 aromatic carbocycles. The fraction of sp³-hybridized carbons (Fsp3) is 0.320. The summed E-state index contributed by atoms with van der Waals surface area (Å²) in [5.41, 5.74) is 5.13. The predicted molar refractivity (Wildman–Crippen MR) is 120 cm³/mol. The van der Waals surface area contributed by atoms with Crippen LogP contribution in [0.15, 0.2) is 36.4 Å². The first-order valence-corrected chi connectivity index (χ1v) is 10.7. The maximum atomic E-state index is 13.4. The lowest BCUT2D eigenvalue weighted by atomic mass is 9.86. The maximum absolute atomic E-state index is 13.4. The van der Waals surface area contributed by atoms with Crippen LogP contribution in [0.3, 0.4) is 0 Å². The van der Waals surface area contributed by atoms with Gasteiger partial charge in [0, 0.05) is 24.2 Å². The summed E-state index contributed by atoms with van der Waals surface area (Å²) in [5.74, 6) is 1.30. The molecule has 1 aliphatic rings.